The monoisotopic (exact) mass is 700 g/mol. The van der Waals surface area contributed by atoms with Crippen LogP contribution in [0.3, 0.4) is 0 Å². The third kappa shape index (κ3) is 11.6. The van der Waals surface area contributed by atoms with E-state index in [4.69, 9.17) is 46.6 Å². The minimum atomic E-state index is -2.20. The Morgan fingerprint density at radius 1 is 0.935 bits per heavy atom. The summed E-state index contributed by atoms with van der Waals surface area (Å²) in [6.07, 6.45) is -6.98. The molecule has 5 atom stereocenters. The molecule has 0 spiro atoms. The Morgan fingerprint density at radius 3 is 2.11 bits per heavy atom. The molecule has 0 fully saturated rings. The quantitative estimate of drug-likeness (QED) is 0.0724. The SMILES string of the molecule is Nc1nc(=O)c2nc(CNc3ccc(C(=O)N[C@@H](CCC(=O)O)C(=O)O)cc3)cnc2[nH]1.O=C(O)[C@H](O)[C@@H](O)[C@H](O)[C@H](O)CO.[Cu]. The maximum absolute atomic E-state index is 12.3. The molecule has 3 aromatic rings. The Kier molecular flexibility index (Phi) is 15.6. The van der Waals surface area contributed by atoms with Crippen molar-refractivity contribution in [3.8, 4) is 0 Å². The van der Waals surface area contributed by atoms with Crippen molar-refractivity contribution in [1.82, 2.24) is 25.3 Å². The molecular formula is C25H31CuN7O13. The van der Waals surface area contributed by atoms with Crippen LogP contribution in [0.4, 0.5) is 11.6 Å². The zero-order chi connectivity index (χ0) is 33.8. The molecular weight excluding hydrogens is 670 g/mol. The molecule has 3 rings (SSSR count). The number of aromatic amines is 1. The van der Waals surface area contributed by atoms with E-state index in [1.54, 1.807) is 12.1 Å². The van der Waals surface area contributed by atoms with Crippen molar-refractivity contribution in [1.29, 1.82) is 0 Å². The molecule has 46 heavy (non-hydrogen) atoms. The van der Waals surface area contributed by atoms with E-state index in [0.29, 0.717) is 11.4 Å². The topological polar surface area (TPSA) is 352 Å². The number of amides is 1. The van der Waals surface area contributed by atoms with Gasteiger partial charge in [0.15, 0.2) is 17.3 Å². The summed E-state index contributed by atoms with van der Waals surface area (Å²) < 4.78 is 0. The van der Waals surface area contributed by atoms with E-state index in [0.717, 1.165) is 0 Å². The molecule has 0 aliphatic carbocycles. The van der Waals surface area contributed by atoms with Gasteiger partial charge in [0.05, 0.1) is 25.0 Å². The number of hydrogen-bond donors (Lipinski definition) is 12. The van der Waals surface area contributed by atoms with Crippen molar-refractivity contribution in [2.45, 2.75) is 49.8 Å². The number of carboxylic acids is 3. The van der Waals surface area contributed by atoms with Crippen LogP contribution in [0.2, 0.25) is 0 Å². The Hall–Kier alpha value is -4.76. The van der Waals surface area contributed by atoms with Crippen LogP contribution in [-0.2, 0) is 38.0 Å². The molecule has 2 heterocycles. The van der Waals surface area contributed by atoms with Crippen LogP contribution in [0.1, 0.15) is 28.9 Å². The van der Waals surface area contributed by atoms with Gasteiger partial charge in [0.25, 0.3) is 5.91 Å². The van der Waals surface area contributed by atoms with Crippen molar-refractivity contribution in [2.75, 3.05) is 17.7 Å². The summed E-state index contributed by atoms with van der Waals surface area (Å²) in [6.45, 7) is -0.612. The Balaban J connectivity index is 0.000000642. The minimum absolute atomic E-state index is 0. The molecule has 21 heteroatoms. The smallest absolute Gasteiger partial charge is 0.335 e. The van der Waals surface area contributed by atoms with Crippen LogP contribution in [0, 0.1) is 0 Å². The summed E-state index contributed by atoms with van der Waals surface area (Å²) >= 11 is 0. The first-order valence-electron chi connectivity index (χ1n) is 12.8. The fraction of sp³-hybridized carbons (Fsp3) is 0.360. The van der Waals surface area contributed by atoms with E-state index in [2.05, 4.69) is 30.6 Å². The first kappa shape index (κ1) is 39.3. The van der Waals surface area contributed by atoms with E-state index < -0.39 is 66.4 Å². The molecule has 1 aromatic carbocycles. The molecule has 0 saturated carbocycles. The maximum atomic E-state index is 12.3. The van der Waals surface area contributed by atoms with Gasteiger partial charge < -0.3 is 62.2 Å². The van der Waals surface area contributed by atoms with E-state index in [-0.39, 0.29) is 59.1 Å². The fourth-order valence-electron chi connectivity index (χ4n) is 3.43. The Bertz CT molecular complexity index is 1560. The maximum Gasteiger partial charge on any atom is 0.335 e. The summed E-state index contributed by atoms with van der Waals surface area (Å²) in [4.78, 5) is 70.6. The molecule has 0 aliphatic rings. The second-order valence-corrected chi connectivity index (χ2v) is 9.23. The standard InChI is InChI=1S/C19H19N7O6.C6H12O7.Cu/c20-19-25-15-14(17(30)26-19)23-11(8-22-15)7-21-10-3-1-9(2-4-10)16(29)24-12(18(31)32)5-6-13(27)28;7-1-2(8)3(9)4(10)5(11)6(12)13;/h1-4,8,12,21H,5-7H2,(H,24,29)(H,27,28)(H,31,32)(H3,20,22,25,26,30);2-5,7-11H,1H2,(H,12,13);/t12-;2-,3-,4+,5-;/m01./s1. The Labute approximate surface area is 268 Å². The summed E-state index contributed by atoms with van der Waals surface area (Å²) in [5.41, 5.74) is 6.47. The summed E-state index contributed by atoms with van der Waals surface area (Å²) in [5.74, 6) is -4.88. The number of H-pyrrole nitrogens is 1. The predicted octanol–water partition coefficient (Wildman–Crippen LogP) is -3.54. The number of rotatable bonds is 14. The van der Waals surface area contributed by atoms with Gasteiger partial charge in [0, 0.05) is 34.7 Å². The second-order valence-electron chi connectivity index (χ2n) is 9.23. The number of carboxylic acid groups (broad SMARTS) is 3. The predicted molar refractivity (Wildman–Crippen MR) is 151 cm³/mol. The number of carbonyl (C=O) groups excluding carboxylic acids is 1. The van der Waals surface area contributed by atoms with Crippen molar-refractivity contribution < 1.29 is 77.1 Å². The van der Waals surface area contributed by atoms with Crippen LogP contribution in [0.15, 0.2) is 35.3 Å². The number of nitrogen functional groups attached to an aromatic ring is 1. The van der Waals surface area contributed by atoms with Gasteiger partial charge in [0.2, 0.25) is 5.95 Å². The zero-order valence-electron chi connectivity index (χ0n) is 23.4. The van der Waals surface area contributed by atoms with Crippen LogP contribution in [0.25, 0.3) is 11.2 Å². The zero-order valence-corrected chi connectivity index (χ0v) is 24.4. The first-order valence-corrected chi connectivity index (χ1v) is 12.8. The van der Waals surface area contributed by atoms with Gasteiger partial charge >= 0.3 is 23.5 Å². The number of nitrogens with two attached hydrogens (primary N) is 1. The molecule has 255 valence electrons. The van der Waals surface area contributed by atoms with Crippen LogP contribution in [0.5, 0.6) is 0 Å². The molecule has 0 aliphatic heterocycles. The van der Waals surface area contributed by atoms with Gasteiger partial charge in [-0.3, -0.25) is 14.4 Å². The summed E-state index contributed by atoms with van der Waals surface area (Å²) in [5, 5.41) is 75.0. The number of nitrogens with one attached hydrogen (secondary N) is 3. The number of anilines is 2. The first-order chi connectivity index (χ1) is 21.1. The largest absolute Gasteiger partial charge is 0.481 e. The number of benzene rings is 1. The van der Waals surface area contributed by atoms with Gasteiger partial charge in [-0.25, -0.2) is 19.6 Å². The number of aliphatic hydroxyl groups is 5. The Morgan fingerprint density at radius 2 is 1.57 bits per heavy atom. The third-order valence-corrected chi connectivity index (χ3v) is 5.87. The van der Waals surface area contributed by atoms with E-state index in [1.807, 2.05) is 0 Å². The number of nitrogens with zero attached hydrogens (tertiary/aromatic N) is 3. The average molecular weight is 701 g/mol. The van der Waals surface area contributed by atoms with E-state index in [1.165, 1.54) is 18.3 Å². The van der Waals surface area contributed by atoms with Gasteiger partial charge in [-0.1, -0.05) is 0 Å². The molecule has 1 radical (unpaired) electrons. The molecule has 2 aromatic heterocycles. The molecule has 13 N–H and O–H groups in total. The second kappa shape index (κ2) is 18.3. The van der Waals surface area contributed by atoms with Gasteiger partial charge in [-0.15, -0.1) is 0 Å². The van der Waals surface area contributed by atoms with Gasteiger partial charge in [0.1, 0.15) is 24.4 Å². The van der Waals surface area contributed by atoms with Gasteiger partial charge in [-0.2, -0.15) is 4.98 Å². The van der Waals surface area contributed by atoms with Crippen molar-refractivity contribution in [3.05, 3.63) is 52.1 Å². The number of hydrogen-bond acceptors (Lipinski definition) is 15. The molecule has 0 saturated heterocycles. The molecule has 0 unspecified atom stereocenters. The molecule has 0 bridgehead atoms. The number of carbonyl (C=O) groups is 4. The number of aliphatic carboxylic acids is 3. The normalized spacial score (nSPS) is 13.8. The average Bonchev–Trinajstić information content (AvgIpc) is 3.00. The van der Waals surface area contributed by atoms with E-state index >= 15 is 0 Å². The minimum Gasteiger partial charge on any atom is -0.481 e. The van der Waals surface area contributed by atoms with Crippen LogP contribution >= 0.6 is 0 Å². The third-order valence-electron chi connectivity index (χ3n) is 5.87. The van der Waals surface area contributed by atoms with Crippen molar-refractivity contribution in [3.63, 3.8) is 0 Å². The fourth-order valence-corrected chi connectivity index (χ4v) is 3.43. The van der Waals surface area contributed by atoms with Crippen molar-refractivity contribution >= 4 is 46.6 Å². The molecule has 20 nitrogen and oxygen atoms in total. The summed E-state index contributed by atoms with van der Waals surface area (Å²) in [6, 6.07) is 4.86. The van der Waals surface area contributed by atoms with Crippen LogP contribution in [-0.4, -0.2) is 122 Å². The number of fused-ring (bicyclic) bond motifs is 1. The molecule has 1 amide bonds. The van der Waals surface area contributed by atoms with E-state index in [9.17, 15) is 24.0 Å². The van der Waals surface area contributed by atoms with Gasteiger partial charge in [-0.05, 0) is 30.7 Å². The summed E-state index contributed by atoms with van der Waals surface area (Å²) in [7, 11) is 0. The number of aromatic nitrogens is 4. The number of aliphatic hydroxyl groups excluding tert-OH is 5. The van der Waals surface area contributed by atoms with Crippen molar-refractivity contribution in [2.24, 2.45) is 0 Å². The van der Waals surface area contributed by atoms with Crippen LogP contribution < -0.4 is 21.9 Å².